The van der Waals surface area contributed by atoms with E-state index in [1.807, 2.05) is 12.3 Å². The van der Waals surface area contributed by atoms with Crippen molar-refractivity contribution in [2.45, 2.75) is 39.3 Å². The summed E-state index contributed by atoms with van der Waals surface area (Å²) < 4.78 is 2.43. The number of fused-ring (bicyclic) bond motifs is 2. The fraction of sp³-hybridized carbons (Fsp3) is 0.333. The number of aliphatic imine (C=N–C) groups is 1. The van der Waals surface area contributed by atoms with Gasteiger partial charge in [0.1, 0.15) is 5.69 Å². The van der Waals surface area contributed by atoms with Crippen molar-refractivity contribution in [2.75, 3.05) is 5.32 Å². The van der Waals surface area contributed by atoms with Crippen molar-refractivity contribution in [3.05, 3.63) is 59.5 Å². The second kappa shape index (κ2) is 5.73. The van der Waals surface area contributed by atoms with Gasteiger partial charge in [0.05, 0.1) is 6.54 Å². The maximum Gasteiger partial charge on any atom is 0.152 e. The zero-order valence-corrected chi connectivity index (χ0v) is 14.5. The van der Waals surface area contributed by atoms with Gasteiger partial charge in [-0.25, -0.2) is 0 Å². The molecule has 0 spiro atoms. The van der Waals surface area contributed by atoms with Crippen molar-refractivity contribution >= 4 is 22.4 Å². The minimum atomic E-state index is 0.713. The van der Waals surface area contributed by atoms with E-state index < -0.39 is 0 Å². The summed E-state index contributed by atoms with van der Waals surface area (Å²) in [6, 6.07) is 10.7. The van der Waals surface area contributed by atoms with Crippen LogP contribution in [0.2, 0.25) is 0 Å². The summed E-state index contributed by atoms with van der Waals surface area (Å²) >= 11 is 0. The van der Waals surface area contributed by atoms with Gasteiger partial charge in [-0.05, 0) is 55.5 Å². The molecule has 5 rings (SSSR count). The Morgan fingerprint density at radius 1 is 1.24 bits per heavy atom. The van der Waals surface area contributed by atoms with Crippen molar-refractivity contribution in [3.63, 3.8) is 0 Å². The van der Waals surface area contributed by atoms with Gasteiger partial charge in [-0.15, -0.1) is 0 Å². The van der Waals surface area contributed by atoms with E-state index in [2.05, 4.69) is 57.2 Å². The topological polar surface area (TPSA) is 42.2 Å². The highest BCUT2D eigenvalue weighted by Gasteiger charge is 2.20. The largest absolute Gasteiger partial charge is 0.347 e. The molecule has 1 aliphatic heterocycles. The molecule has 2 aliphatic rings. The fourth-order valence-electron chi connectivity index (χ4n) is 3.91. The van der Waals surface area contributed by atoms with Crippen LogP contribution in [0.5, 0.6) is 0 Å². The van der Waals surface area contributed by atoms with Gasteiger partial charge in [-0.3, -0.25) is 9.98 Å². The average Bonchev–Trinajstić information content (AvgIpc) is 3.13. The van der Waals surface area contributed by atoms with Gasteiger partial charge in [0.2, 0.25) is 0 Å². The van der Waals surface area contributed by atoms with E-state index in [0.29, 0.717) is 6.54 Å². The van der Waals surface area contributed by atoms with Crippen LogP contribution >= 0.6 is 0 Å². The van der Waals surface area contributed by atoms with Gasteiger partial charge in [-0.1, -0.05) is 12.5 Å². The van der Waals surface area contributed by atoms with Crippen LogP contribution in [0.15, 0.2) is 47.7 Å². The lowest BCUT2D eigenvalue weighted by atomic mass is 9.85. The fourth-order valence-corrected chi connectivity index (χ4v) is 3.91. The third kappa shape index (κ3) is 2.53. The second-order valence-electron chi connectivity index (χ2n) is 7.29. The first-order valence-corrected chi connectivity index (χ1v) is 9.13. The predicted molar refractivity (Wildman–Crippen MR) is 102 cm³/mol. The highest BCUT2D eigenvalue weighted by Crippen LogP contribution is 2.31. The van der Waals surface area contributed by atoms with E-state index in [0.717, 1.165) is 29.7 Å². The van der Waals surface area contributed by atoms with E-state index in [1.54, 1.807) is 0 Å². The van der Waals surface area contributed by atoms with Crippen LogP contribution in [0.3, 0.4) is 0 Å². The summed E-state index contributed by atoms with van der Waals surface area (Å²) in [6.07, 6.45) is 8.29. The number of nitrogens with zero attached hydrogens (tertiary/aromatic N) is 3. The van der Waals surface area contributed by atoms with Gasteiger partial charge in [0, 0.05) is 41.1 Å². The number of aromatic nitrogens is 2. The van der Waals surface area contributed by atoms with Crippen LogP contribution in [0.4, 0.5) is 5.69 Å². The minimum absolute atomic E-state index is 0.713. The number of anilines is 1. The predicted octanol–water partition coefficient (Wildman–Crippen LogP) is 4.52. The molecular weight excluding hydrogens is 308 g/mol. The SMILES string of the molecule is Cc1cn(CC2CCC2)c2ccc(NC3=NCc4cccnc43)cc12. The van der Waals surface area contributed by atoms with Crippen LogP contribution < -0.4 is 5.32 Å². The highest BCUT2D eigenvalue weighted by molar-refractivity contribution is 6.10. The number of benzene rings is 1. The molecule has 4 heteroatoms. The normalized spacial score (nSPS) is 16.6. The molecule has 3 aromatic rings. The standard InChI is InChI=1S/C21H22N4/c1-14-12-25(13-15-4-2-5-15)19-8-7-17(10-18(14)19)24-21-20-16(11-23-21)6-3-9-22-20/h3,6-10,12,15H,2,4-5,11,13H2,1H3,(H,23,24). The maximum atomic E-state index is 4.60. The molecule has 0 amide bonds. The summed E-state index contributed by atoms with van der Waals surface area (Å²) in [5, 5.41) is 4.79. The monoisotopic (exact) mass is 330 g/mol. The molecule has 0 saturated heterocycles. The van der Waals surface area contributed by atoms with Crippen LogP contribution in [-0.2, 0) is 13.1 Å². The van der Waals surface area contributed by atoms with Crippen LogP contribution in [0.25, 0.3) is 10.9 Å². The summed E-state index contributed by atoms with van der Waals surface area (Å²) in [5.41, 5.74) is 5.91. The van der Waals surface area contributed by atoms with Gasteiger partial charge in [0.25, 0.3) is 0 Å². The Kier molecular flexibility index (Phi) is 3.37. The number of hydrogen-bond donors (Lipinski definition) is 1. The lowest BCUT2D eigenvalue weighted by Gasteiger charge is -2.26. The third-order valence-corrected chi connectivity index (χ3v) is 5.55. The first kappa shape index (κ1) is 14.7. The number of rotatable bonds is 3. The molecule has 0 atom stereocenters. The third-order valence-electron chi connectivity index (χ3n) is 5.55. The number of aryl methyl sites for hydroxylation is 1. The van der Waals surface area contributed by atoms with Crippen molar-refractivity contribution in [3.8, 4) is 0 Å². The molecule has 0 unspecified atom stereocenters. The lowest BCUT2D eigenvalue weighted by Crippen LogP contribution is -2.17. The summed E-state index contributed by atoms with van der Waals surface area (Å²) in [4.78, 5) is 9.07. The zero-order chi connectivity index (χ0) is 16.8. The molecule has 1 fully saturated rings. The van der Waals surface area contributed by atoms with E-state index in [-0.39, 0.29) is 0 Å². The molecule has 0 radical (unpaired) electrons. The first-order valence-electron chi connectivity index (χ1n) is 9.13. The molecule has 25 heavy (non-hydrogen) atoms. The molecule has 126 valence electrons. The summed E-state index contributed by atoms with van der Waals surface area (Å²) in [5.74, 6) is 1.74. The van der Waals surface area contributed by atoms with Gasteiger partial charge >= 0.3 is 0 Å². The molecule has 1 aromatic carbocycles. The molecule has 3 heterocycles. The highest BCUT2D eigenvalue weighted by atomic mass is 15.0. The number of nitrogens with one attached hydrogen (secondary N) is 1. The van der Waals surface area contributed by atoms with Gasteiger partial charge in [-0.2, -0.15) is 0 Å². The number of pyridine rings is 1. The first-order chi connectivity index (χ1) is 12.3. The van der Waals surface area contributed by atoms with Crippen LogP contribution in [-0.4, -0.2) is 15.4 Å². The van der Waals surface area contributed by atoms with Crippen molar-refractivity contribution in [2.24, 2.45) is 10.9 Å². The quantitative estimate of drug-likeness (QED) is 0.767. The molecule has 2 aromatic heterocycles. The zero-order valence-electron chi connectivity index (χ0n) is 14.5. The lowest BCUT2D eigenvalue weighted by molar-refractivity contribution is 0.280. The van der Waals surface area contributed by atoms with E-state index >= 15 is 0 Å². The van der Waals surface area contributed by atoms with Gasteiger partial charge in [0.15, 0.2) is 5.84 Å². The Morgan fingerprint density at radius 2 is 2.16 bits per heavy atom. The molecule has 1 aliphatic carbocycles. The Hall–Kier alpha value is -2.62. The minimum Gasteiger partial charge on any atom is -0.347 e. The second-order valence-corrected chi connectivity index (χ2v) is 7.29. The molecule has 0 bridgehead atoms. The summed E-state index contributed by atoms with van der Waals surface area (Å²) in [7, 11) is 0. The van der Waals surface area contributed by atoms with Crippen molar-refractivity contribution in [1.82, 2.24) is 9.55 Å². The Labute approximate surface area is 147 Å². The molecule has 4 nitrogen and oxygen atoms in total. The van der Waals surface area contributed by atoms with Gasteiger partial charge < -0.3 is 9.88 Å². The molecular formula is C21H22N4. The molecule has 1 saturated carbocycles. The van der Waals surface area contributed by atoms with E-state index in [1.165, 1.54) is 41.3 Å². The van der Waals surface area contributed by atoms with E-state index in [9.17, 15) is 0 Å². The summed E-state index contributed by atoms with van der Waals surface area (Å²) in [6.45, 7) is 4.07. The number of hydrogen-bond acceptors (Lipinski definition) is 3. The average molecular weight is 330 g/mol. The molecule has 1 N–H and O–H groups in total. The maximum absolute atomic E-state index is 4.60. The van der Waals surface area contributed by atoms with Crippen molar-refractivity contribution in [1.29, 1.82) is 0 Å². The Morgan fingerprint density at radius 3 is 3.00 bits per heavy atom. The Bertz CT molecular complexity index is 979. The number of amidine groups is 1. The smallest absolute Gasteiger partial charge is 0.152 e. The van der Waals surface area contributed by atoms with E-state index in [4.69, 9.17) is 0 Å². The van der Waals surface area contributed by atoms with Crippen LogP contribution in [0, 0.1) is 12.8 Å². The van der Waals surface area contributed by atoms with Crippen molar-refractivity contribution < 1.29 is 0 Å². The van der Waals surface area contributed by atoms with Crippen LogP contribution in [0.1, 0.15) is 36.1 Å². The Balaban J connectivity index is 1.44.